The van der Waals surface area contributed by atoms with Gasteiger partial charge in [0.25, 0.3) is 0 Å². The zero-order chi connectivity index (χ0) is 62.5. The maximum Gasteiger partial charge on any atom is 0.162 e. The van der Waals surface area contributed by atoms with E-state index in [1.54, 1.807) is 0 Å². The first kappa shape index (κ1) is 63.0. The average Bonchev–Trinajstić information content (AvgIpc) is 0.712. The van der Waals surface area contributed by atoms with E-state index in [0.717, 1.165) is 80.4 Å². The van der Waals surface area contributed by atoms with Crippen LogP contribution in [0.1, 0.15) is 132 Å². The largest absolute Gasteiger partial charge is 0.507 e. The van der Waals surface area contributed by atoms with E-state index in [2.05, 4.69) is 131 Å². The summed E-state index contributed by atoms with van der Waals surface area (Å²) in [5.41, 5.74) is 12.5. The number of nitrogens with one attached hydrogen (secondary N) is 5. The van der Waals surface area contributed by atoms with Gasteiger partial charge in [0.1, 0.15) is 41.1 Å². The predicted octanol–water partition coefficient (Wildman–Crippen LogP) is 9.74. The Kier molecular flexibility index (Phi) is 19.4. The van der Waals surface area contributed by atoms with Crippen molar-refractivity contribution in [1.29, 1.82) is 0 Å². The molecular formula is C75H89N5O10. The summed E-state index contributed by atoms with van der Waals surface area (Å²) in [6.07, 6.45) is 8.91. The molecule has 15 heteroatoms. The normalized spacial score (nSPS) is 22.0. The average molecular weight is 1220 g/mol. The Morgan fingerprint density at radius 1 is 0.800 bits per heavy atom. The van der Waals surface area contributed by atoms with E-state index < -0.39 is 35.6 Å². The Morgan fingerprint density at radius 2 is 1.60 bits per heavy atom. The summed E-state index contributed by atoms with van der Waals surface area (Å²) in [5.74, 6) is 8.75. The van der Waals surface area contributed by atoms with Crippen molar-refractivity contribution < 1.29 is 49.6 Å². The fourth-order valence-corrected chi connectivity index (χ4v) is 15.1. The van der Waals surface area contributed by atoms with Gasteiger partial charge in [-0.25, -0.2) is 0 Å². The first-order chi connectivity index (χ1) is 43.8. The van der Waals surface area contributed by atoms with Crippen LogP contribution in [0, 0.1) is 17.8 Å². The molecule has 2 bridgehead atoms. The SMILES string of the molecule is CNCO[C@]12Cc3c4c(c5c(c3O[C@@H]1c1cc(CCc3ccccc3CCCO)c(O)c(c1)O[C@H](CO)CC#C[C@@H]2NCNC[C@@](C)(O)CC(C)C)CC[C@@H](CO)O5)-c1ccc(O)c2c1[C@H](C4)[C@@H](c1ccc3[nH]ccc3c1)C(CNCCCc1ccccc1)=C2. The zero-order valence-electron chi connectivity index (χ0n) is 52.5. The number of hydrogen-bond acceptors (Lipinski definition) is 14. The Balaban J connectivity index is 1.04. The molecule has 0 amide bonds. The third-order valence-electron chi connectivity index (χ3n) is 19.1. The van der Waals surface area contributed by atoms with E-state index in [4.69, 9.17) is 18.9 Å². The summed E-state index contributed by atoms with van der Waals surface area (Å²) >= 11 is 0. The summed E-state index contributed by atoms with van der Waals surface area (Å²) in [4.78, 5) is 3.41. The van der Waals surface area contributed by atoms with Crippen molar-refractivity contribution in [2.45, 2.75) is 145 Å². The standard InChI is InChI=1S/C75H89N5O10/c1-46(2)38-74(3,86)43-78-44-80-66-20-10-19-55(41-82)88-65-36-53(34-52(70(65)85)22-21-49-17-9-8-16-48(49)18-12-32-81)73-75(66,87-45-76-4)39-62-59-37-61-67(51-23-27-63-50(33-51)29-31-79-63)54(40-77-30-11-15-47-13-6-5-7-14-47)35-60-64(84)28-26-57(68(60)61)69(59)72-58(71(62)90-73)25-24-56(42-83)89-72/h5-9,13-14,16-17,23,26-29,31,33-36,46,55-56,61,66-67,73,76-86H,11-12,15,18-19,21-22,24-25,30,32,37-45H2,1-4H3/t55-,56-,61+,66-,67-,73+,74-,75-/m0/s1. The minimum atomic E-state index is -1.35. The molecular weight excluding hydrogens is 1130 g/mol. The van der Waals surface area contributed by atoms with Crippen molar-refractivity contribution in [3.63, 3.8) is 0 Å². The number of benzene rings is 6. The Morgan fingerprint density at radius 3 is 2.39 bits per heavy atom. The number of aromatic amines is 1. The summed E-state index contributed by atoms with van der Waals surface area (Å²) in [6.45, 7) is 7.66. The van der Waals surface area contributed by atoms with Crippen molar-refractivity contribution in [1.82, 2.24) is 26.3 Å². The molecule has 11 N–H and O–H groups in total. The van der Waals surface area contributed by atoms with Crippen LogP contribution in [0.4, 0.5) is 0 Å². The van der Waals surface area contributed by atoms with Crippen molar-refractivity contribution >= 4 is 17.0 Å². The van der Waals surface area contributed by atoms with Crippen LogP contribution >= 0.6 is 0 Å². The minimum Gasteiger partial charge on any atom is -0.507 e. The van der Waals surface area contributed by atoms with Gasteiger partial charge in [0.05, 0.1) is 25.5 Å². The highest BCUT2D eigenvalue weighted by Gasteiger charge is 2.55. The molecule has 0 spiro atoms. The minimum absolute atomic E-state index is 0.0324. The van der Waals surface area contributed by atoms with Crippen molar-refractivity contribution in [2.24, 2.45) is 5.92 Å². The molecule has 1 aromatic heterocycles. The van der Waals surface area contributed by atoms with Gasteiger partial charge >= 0.3 is 0 Å². The fraction of sp³-hybridized carbons (Fsp3) is 0.440. The smallest absolute Gasteiger partial charge is 0.162 e. The fourth-order valence-electron chi connectivity index (χ4n) is 15.1. The lowest BCUT2D eigenvalue weighted by molar-refractivity contribution is -0.141. The van der Waals surface area contributed by atoms with E-state index in [9.17, 15) is 30.6 Å². The van der Waals surface area contributed by atoms with Crippen LogP contribution in [0.5, 0.6) is 28.7 Å². The van der Waals surface area contributed by atoms with Gasteiger partial charge in [-0.2, -0.15) is 0 Å². The number of aromatic hydroxyl groups is 2. The van der Waals surface area contributed by atoms with Gasteiger partial charge in [-0.1, -0.05) is 92.4 Å². The number of hydrogen-bond donors (Lipinski definition) is 11. The maximum atomic E-state index is 12.4. The summed E-state index contributed by atoms with van der Waals surface area (Å²) in [6, 6.07) is 34.6. The lowest BCUT2D eigenvalue weighted by Gasteiger charge is -2.50. The van der Waals surface area contributed by atoms with Gasteiger partial charge in [0.15, 0.2) is 17.6 Å². The maximum absolute atomic E-state index is 12.4. The second-order valence-corrected chi connectivity index (χ2v) is 26.2. The van der Waals surface area contributed by atoms with Crippen LogP contribution in [0.25, 0.3) is 28.1 Å². The van der Waals surface area contributed by atoms with Gasteiger partial charge in [-0.05, 0) is 200 Å². The molecule has 2 aliphatic carbocycles. The summed E-state index contributed by atoms with van der Waals surface area (Å²) in [5, 5.41) is 83.4. The van der Waals surface area contributed by atoms with Gasteiger partial charge in [0.2, 0.25) is 0 Å². The van der Waals surface area contributed by atoms with Gasteiger partial charge in [0, 0.05) is 79.1 Å². The third-order valence-corrected chi connectivity index (χ3v) is 19.1. The number of aliphatic hydroxyl groups excluding tert-OH is 3. The molecule has 0 saturated heterocycles. The Labute approximate surface area is 529 Å². The first-order valence-electron chi connectivity index (χ1n) is 32.6. The number of fused-ring (bicyclic) bond motifs is 12. The molecule has 90 heavy (non-hydrogen) atoms. The van der Waals surface area contributed by atoms with Crippen molar-refractivity contribution in [3.05, 3.63) is 176 Å². The van der Waals surface area contributed by atoms with E-state index in [1.807, 2.05) is 50.5 Å². The van der Waals surface area contributed by atoms with Crippen LogP contribution in [0.15, 0.2) is 115 Å². The second kappa shape index (κ2) is 27.7. The number of aliphatic hydroxyl groups is 4. The summed E-state index contributed by atoms with van der Waals surface area (Å²) in [7, 11) is 1.85. The number of aryl methyl sites for hydroxylation is 4. The van der Waals surface area contributed by atoms with Crippen LogP contribution in [0.2, 0.25) is 0 Å². The highest BCUT2D eigenvalue weighted by Crippen LogP contribution is 2.62. The molecule has 474 valence electrons. The second-order valence-electron chi connectivity index (χ2n) is 26.2. The first-order valence-corrected chi connectivity index (χ1v) is 32.6. The van der Waals surface area contributed by atoms with E-state index in [1.165, 1.54) is 16.7 Å². The van der Waals surface area contributed by atoms with Crippen molar-refractivity contribution in [3.8, 4) is 51.7 Å². The molecule has 12 rings (SSSR count). The lowest BCUT2D eigenvalue weighted by Crippen LogP contribution is -2.62. The quantitative estimate of drug-likeness (QED) is 0.0146. The molecule has 6 aromatic carbocycles. The Hall–Kier alpha value is -7.20. The van der Waals surface area contributed by atoms with Gasteiger partial charge in [-0.15, -0.1) is 0 Å². The predicted molar refractivity (Wildman–Crippen MR) is 352 cm³/mol. The van der Waals surface area contributed by atoms with Crippen LogP contribution in [-0.2, 0) is 49.7 Å². The molecule has 5 aliphatic rings. The van der Waals surface area contributed by atoms with Crippen LogP contribution in [-0.4, -0.2) is 125 Å². The molecule has 0 fully saturated rings. The number of ether oxygens (including phenoxy) is 4. The van der Waals surface area contributed by atoms with Crippen LogP contribution < -0.4 is 35.5 Å². The number of phenols is 2. The highest BCUT2D eigenvalue weighted by atomic mass is 16.6. The monoisotopic (exact) mass is 1220 g/mol. The van der Waals surface area contributed by atoms with Gasteiger partial charge in [-0.3, -0.25) is 10.6 Å². The topological polar surface area (TPSA) is 222 Å². The van der Waals surface area contributed by atoms with E-state index in [-0.39, 0.29) is 81.1 Å². The number of phenolic OH excluding ortho intramolecular Hbond substituents is 2. The van der Waals surface area contributed by atoms with Crippen LogP contribution in [0.3, 0.4) is 0 Å². The molecule has 0 saturated carbocycles. The Bertz CT molecular complexity index is 3770. The van der Waals surface area contributed by atoms with Crippen molar-refractivity contribution in [2.75, 3.05) is 59.9 Å². The molecule has 0 unspecified atom stereocenters. The molecule has 8 atom stereocenters. The highest BCUT2D eigenvalue weighted by molar-refractivity contribution is 5.90. The zero-order valence-corrected chi connectivity index (χ0v) is 52.5. The third kappa shape index (κ3) is 13.0. The number of aromatic nitrogens is 1. The number of rotatable bonds is 25. The molecule has 4 heterocycles. The van der Waals surface area contributed by atoms with E-state index in [0.29, 0.717) is 87.1 Å². The lowest BCUT2D eigenvalue weighted by atomic mass is 9.62. The van der Waals surface area contributed by atoms with E-state index >= 15 is 0 Å². The molecule has 15 nitrogen and oxygen atoms in total. The molecule has 3 aliphatic heterocycles. The molecule has 7 aromatic rings. The number of H-pyrrole nitrogens is 1. The summed E-state index contributed by atoms with van der Waals surface area (Å²) < 4.78 is 29.2. The van der Waals surface area contributed by atoms with Gasteiger partial charge < -0.3 is 65.2 Å². The molecule has 0 radical (unpaired) electrons.